The lowest BCUT2D eigenvalue weighted by Gasteiger charge is -2.42. The van der Waals surface area contributed by atoms with Gasteiger partial charge in [0.15, 0.2) is 0 Å². The molecule has 2 rings (SSSR count). The highest BCUT2D eigenvalue weighted by Gasteiger charge is 2.41. The fourth-order valence-corrected chi connectivity index (χ4v) is 4.66. The first-order chi connectivity index (χ1) is 9.22. The second kappa shape index (κ2) is 6.78. The Hall–Kier alpha value is -0.510. The van der Waals surface area contributed by atoms with Crippen LogP contribution in [0.5, 0.6) is 0 Å². The molecule has 2 aliphatic carbocycles. The Balaban J connectivity index is 1.91. The second-order valence-corrected chi connectivity index (χ2v) is 7.19. The molecule has 0 N–H and O–H groups in total. The van der Waals surface area contributed by atoms with Crippen molar-refractivity contribution in [2.45, 2.75) is 84.5 Å². The monoisotopic (exact) mass is 261 g/mol. The van der Waals surface area contributed by atoms with Crippen LogP contribution in [-0.2, 0) is 0 Å². The summed E-state index contributed by atoms with van der Waals surface area (Å²) in [5.74, 6) is 2.53. The molecule has 0 aromatic heterocycles. The van der Waals surface area contributed by atoms with Gasteiger partial charge in [-0.1, -0.05) is 52.4 Å². The molecule has 0 aromatic rings. The first-order valence-electron chi connectivity index (χ1n) is 8.63. The van der Waals surface area contributed by atoms with E-state index in [0.717, 1.165) is 11.8 Å². The molecule has 2 fully saturated rings. The molecule has 0 saturated heterocycles. The van der Waals surface area contributed by atoms with E-state index in [4.69, 9.17) is 0 Å². The van der Waals surface area contributed by atoms with E-state index in [1.165, 1.54) is 70.6 Å². The Morgan fingerprint density at radius 2 is 1.63 bits per heavy atom. The Morgan fingerprint density at radius 3 is 2.16 bits per heavy atom. The van der Waals surface area contributed by atoms with Gasteiger partial charge in [0.1, 0.15) is 0 Å². The fourth-order valence-electron chi connectivity index (χ4n) is 4.66. The van der Waals surface area contributed by atoms with Crippen molar-refractivity contribution in [2.24, 2.45) is 23.2 Å². The van der Waals surface area contributed by atoms with E-state index in [1.54, 1.807) is 0 Å². The number of nitrogens with zero attached hydrogens (tertiary/aromatic N) is 1. The van der Waals surface area contributed by atoms with Gasteiger partial charge in [0.25, 0.3) is 0 Å². The largest absolute Gasteiger partial charge is 0.198 e. The summed E-state index contributed by atoms with van der Waals surface area (Å²) < 4.78 is 0. The van der Waals surface area contributed by atoms with Crippen LogP contribution in [0.2, 0.25) is 0 Å². The van der Waals surface area contributed by atoms with Crippen molar-refractivity contribution in [1.82, 2.24) is 0 Å². The molecule has 1 unspecified atom stereocenters. The van der Waals surface area contributed by atoms with Gasteiger partial charge in [-0.3, -0.25) is 0 Å². The Bertz CT molecular complexity index is 300. The lowest BCUT2D eigenvalue weighted by Crippen LogP contribution is -2.34. The summed E-state index contributed by atoms with van der Waals surface area (Å²) in [4.78, 5) is 0. The number of rotatable bonds is 4. The van der Waals surface area contributed by atoms with Crippen molar-refractivity contribution in [1.29, 1.82) is 5.26 Å². The highest BCUT2D eigenvalue weighted by Crippen LogP contribution is 2.49. The third-order valence-corrected chi connectivity index (χ3v) is 6.13. The molecule has 2 saturated carbocycles. The fraction of sp³-hybridized carbons (Fsp3) is 0.944. The molecule has 0 spiro atoms. The van der Waals surface area contributed by atoms with Crippen LogP contribution in [0.25, 0.3) is 0 Å². The Labute approximate surface area is 119 Å². The van der Waals surface area contributed by atoms with Crippen molar-refractivity contribution in [2.75, 3.05) is 0 Å². The molecule has 2 aliphatic rings. The van der Waals surface area contributed by atoms with Gasteiger partial charge in [-0.25, -0.2) is 0 Å². The molecular weight excluding hydrogens is 230 g/mol. The average molecular weight is 261 g/mol. The van der Waals surface area contributed by atoms with E-state index in [2.05, 4.69) is 19.9 Å². The molecule has 0 heterocycles. The van der Waals surface area contributed by atoms with Gasteiger partial charge in [0.2, 0.25) is 0 Å². The van der Waals surface area contributed by atoms with Gasteiger partial charge in [0.05, 0.1) is 11.5 Å². The third-order valence-electron chi connectivity index (χ3n) is 6.13. The van der Waals surface area contributed by atoms with E-state index in [-0.39, 0.29) is 5.41 Å². The predicted octanol–water partition coefficient (Wildman–Crippen LogP) is 5.70. The highest BCUT2D eigenvalue weighted by atomic mass is 14.5. The van der Waals surface area contributed by atoms with Gasteiger partial charge in [-0.2, -0.15) is 5.26 Å². The maximum absolute atomic E-state index is 9.69. The zero-order valence-corrected chi connectivity index (χ0v) is 13.0. The van der Waals surface area contributed by atoms with Crippen molar-refractivity contribution in [3.8, 4) is 6.07 Å². The molecule has 108 valence electrons. The van der Waals surface area contributed by atoms with Crippen LogP contribution >= 0.6 is 0 Å². The molecule has 0 aromatic carbocycles. The SMILES string of the molecule is CCCC(C)[C@]1(C#N)CC[C@@H](C2CCCCC2)CC1. The summed E-state index contributed by atoms with van der Waals surface area (Å²) in [5, 5.41) is 9.69. The average Bonchev–Trinajstić information content (AvgIpc) is 2.48. The summed E-state index contributed by atoms with van der Waals surface area (Å²) in [5.41, 5.74) is 0.0151. The lowest BCUT2D eigenvalue weighted by atomic mass is 9.61. The van der Waals surface area contributed by atoms with Gasteiger partial charge in [0, 0.05) is 0 Å². The quantitative estimate of drug-likeness (QED) is 0.636. The molecule has 0 bridgehead atoms. The Morgan fingerprint density at radius 1 is 1.05 bits per heavy atom. The van der Waals surface area contributed by atoms with Crippen LogP contribution in [0.15, 0.2) is 0 Å². The van der Waals surface area contributed by atoms with Crippen LogP contribution in [-0.4, -0.2) is 0 Å². The van der Waals surface area contributed by atoms with Crippen molar-refractivity contribution in [3.05, 3.63) is 0 Å². The summed E-state index contributed by atoms with van der Waals surface area (Å²) >= 11 is 0. The van der Waals surface area contributed by atoms with Crippen molar-refractivity contribution >= 4 is 0 Å². The van der Waals surface area contributed by atoms with Crippen LogP contribution in [0.4, 0.5) is 0 Å². The first kappa shape index (κ1) is 14.9. The van der Waals surface area contributed by atoms with Gasteiger partial charge in [-0.05, 0) is 49.9 Å². The van der Waals surface area contributed by atoms with Crippen LogP contribution < -0.4 is 0 Å². The molecule has 1 heteroatoms. The van der Waals surface area contributed by atoms with Crippen LogP contribution in [0.1, 0.15) is 84.5 Å². The predicted molar refractivity (Wildman–Crippen MR) is 80.7 cm³/mol. The highest BCUT2D eigenvalue weighted by molar-refractivity contribution is 5.04. The Kier molecular flexibility index (Phi) is 5.31. The minimum atomic E-state index is 0.0151. The topological polar surface area (TPSA) is 23.8 Å². The zero-order chi connectivity index (χ0) is 13.7. The lowest BCUT2D eigenvalue weighted by molar-refractivity contribution is 0.0961. The summed E-state index contributed by atoms with van der Waals surface area (Å²) in [7, 11) is 0. The standard InChI is InChI=1S/C18H31N/c1-3-7-15(2)18(14-19)12-10-17(11-13-18)16-8-5-4-6-9-16/h15-17H,3-13H2,1-2H3/t15?,17-,18-. The second-order valence-electron chi connectivity index (χ2n) is 7.19. The number of nitriles is 1. The van der Waals surface area contributed by atoms with Crippen LogP contribution in [0, 0.1) is 34.5 Å². The molecular formula is C18H31N. The molecule has 0 aliphatic heterocycles. The van der Waals surface area contributed by atoms with E-state index in [9.17, 15) is 5.26 Å². The zero-order valence-electron chi connectivity index (χ0n) is 13.0. The molecule has 19 heavy (non-hydrogen) atoms. The van der Waals surface area contributed by atoms with Gasteiger partial charge in [-0.15, -0.1) is 0 Å². The summed E-state index contributed by atoms with van der Waals surface area (Å²) in [6, 6.07) is 2.73. The molecule has 0 amide bonds. The van der Waals surface area contributed by atoms with E-state index in [0.29, 0.717) is 5.92 Å². The minimum Gasteiger partial charge on any atom is -0.198 e. The van der Waals surface area contributed by atoms with E-state index >= 15 is 0 Å². The first-order valence-corrected chi connectivity index (χ1v) is 8.63. The smallest absolute Gasteiger partial charge is 0.0692 e. The molecule has 1 nitrogen and oxygen atoms in total. The normalized spacial score (nSPS) is 34.7. The summed E-state index contributed by atoms with van der Waals surface area (Å²) in [6.07, 6.45) is 14.7. The maximum atomic E-state index is 9.69. The number of hydrogen-bond donors (Lipinski definition) is 0. The van der Waals surface area contributed by atoms with E-state index in [1.807, 2.05) is 0 Å². The number of hydrogen-bond acceptors (Lipinski definition) is 1. The molecule has 0 radical (unpaired) electrons. The third kappa shape index (κ3) is 3.33. The summed E-state index contributed by atoms with van der Waals surface area (Å²) in [6.45, 7) is 4.56. The van der Waals surface area contributed by atoms with Gasteiger partial charge >= 0.3 is 0 Å². The van der Waals surface area contributed by atoms with Gasteiger partial charge < -0.3 is 0 Å². The molecule has 1 atom stereocenters. The van der Waals surface area contributed by atoms with Crippen molar-refractivity contribution < 1.29 is 0 Å². The van der Waals surface area contributed by atoms with Crippen LogP contribution in [0.3, 0.4) is 0 Å². The van der Waals surface area contributed by atoms with Crippen molar-refractivity contribution in [3.63, 3.8) is 0 Å². The maximum Gasteiger partial charge on any atom is 0.0692 e. The van der Waals surface area contributed by atoms with E-state index < -0.39 is 0 Å². The minimum absolute atomic E-state index is 0.0151.